The Hall–Kier alpha value is -1.36. The van der Waals surface area contributed by atoms with Crippen molar-refractivity contribution in [1.29, 1.82) is 0 Å². The predicted octanol–water partition coefficient (Wildman–Crippen LogP) is 3.60. The van der Waals surface area contributed by atoms with Crippen LogP contribution in [0.15, 0.2) is 32.0 Å². The van der Waals surface area contributed by atoms with Crippen LogP contribution in [0.2, 0.25) is 0 Å². The summed E-state index contributed by atoms with van der Waals surface area (Å²) in [5.41, 5.74) is -0.834. The van der Waals surface area contributed by atoms with Gasteiger partial charge >= 0.3 is 11.4 Å². The molecule has 0 unspecified atom stereocenters. The van der Waals surface area contributed by atoms with E-state index in [1.807, 2.05) is 41.5 Å². The molecule has 2 heterocycles. The molecule has 10 heteroatoms. The lowest BCUT2D eigenvalue weighted by Crippen LogP contribution is -2.38. The Morgan fingerprint density at radius 3 is 1.39 bits per heavy atom. The molecule has 0 N–H and O–H groups in total. The van der Waals surface area contributed by atoms with Crippen molar-refractivity contribution >= 4 is 25.3 Å². The zero-order valence-corrected chi connectivity index (χ0v) is 22.6. The van der Waals surface area contributed by atoms with Gasteiger partial charge in [0.1, 0.15) is 0 Å². The second-order valence-corrected chi connectivity index (χ2v) is 10.4. The van der Waals surface area contributed by atoms with Crippen LogP contribution in [-0.2, 0) is 33.6 Å². The quantitative estimate of drug-likeness (QED) is 0.307. The molecule has 0 aromatic carbocycles. The fourth-order valence-corrected chi connectivity index (χ4v) is 4.87. The highest BCUT2D eigenvalue weighted by Crippen LogP contribution is 2.23. The number of nitrogens with zero attached hydrogens (tertiary/aromatic N) is 4. The number of thiol groups is 2. The van der Waals surface area contributed by atoms with E-state index in [1.165, 1.54) is 0 Å². The number of hydrogen-bond donors (Lipinski definition) is 2. The molecule has 0 saturated carbocycles. The van der Waals surface area contributed by atoms with E-state index in [9.17, 15) is 9.59 Å². The average molecular weight is 501 g/mol. The second kappa shape index (κ2) is 11.9. The van der Waals surface area contributed by atoms with Crippen LogP contribution in [0.1, 0.15) is 60.8 Å². The van der Waals surface area contributed by atoms with E-state index in [0.29, 0.717) is 62.4 Å². The molecule has 0 fully saturated rings. The minimum Gasteiger partial charge on any atom is -0.381 e. The third-order valence-electron chi connectivity index (χ3n) is 6.06. The largest absolute Gasteiger partial charge is 0.381 e. The number of hydrogen-bond acceptors (Lipinski definition) is 6. The first-order valence-electron chi connectivity index (χ1n) is 11.6. The smallest absolute Gasteiger partial charge is 0.329 e. The van der Waals surface area contributed by atoms with E-state index in [0.717, 1.165) is 6.42 Å². The van der Waals surface area contributed by atoms with Crippen LogP contribution in [0.3, 0.4) is 0 Å². The molecule has 0 aliphatic heterocycles. The summed E-state index contributed by atoms with van der Waals surface area (Å²) in [6.45, 7) is 15.5. The van der Waals surface area contributed by atoms with Gasteiger partial charge in [-0.2, -0.15) is 0 Å². The van der Waals surface area contributed by atoms with Gasteiger partial charge in [-0.3, -0.25) is 18.3 Å². The van der Waals surface area contributed by atoms with Crippen LogP contribution in [0.5, 0.6) is 0 Å². The normalized spacial score (nSPS) is 12.6. The lowest BCUT2D eigenvalue weighted by Gasteiger charge is -2.27. The maximum Gasteiger partial charge on any atom is 0.329 e. The number of rotatable bonds is 14. The number of ether oxygens (including phenoxy) is 2. The van der Waals surface area contributed by atoms with E-state index in [1.54, 1.807) is 30.7 Å². The van der Waals surface area contributed by atoms with E-state index in [2.05, 4.69) is 25.3 Å². The van der Waals surface area contributed by atoms with Gasteiger partial charge in [0.05, 0.1) is 10.1 Å². The molecule has 2 aromatic rings. The molecule has 0 amide bonds. The molecule has 0 bridgehead atoms. The number of aromatic nitrogens is 4. The summed E-state index contributed by atoms with van der Waals surface area (Å²) in [6, 6.07) is 0. The van der Waals surface area contributed by atoms with Gasteiger partial charge < -0.3 is 9.47 Å². The highest BCUT2D eigenvalue weighted by molar-refractivity contribution is 7.80. The molecule has 2 rings (SSSR count). The molecule has 0 aliphatic carbocycles. The minimum atomic E-state index is -0.378. The van der Waals surface area contributed by atoms with Crippen molar-refractivity contribution in [2.75, 3.05) is 26.4 Å². The van der Waals surface area contributed by atoms with E-state index < -0.39 is 0 Å². The molecule has 0 saturated heterocycles. The Morgan fingerprint density at radius 1 is 0.727 bits per heavy atom. The molecular formula is C23H40N4O4S2. The van der Waals surface area contributed by atoms with Gasteiger partial charge in [0.2, 0.25) is 0 Å². The standard InChI is InChI=1S/C23H40N4O4S2/c1-7-24-16-18(32)26(20(24)28)22(3,4)10-14-30-12-9-13-31-15-11-23(5,6)27-19(33)17-25(8-2)21(27)29/h16-17,32-33H,7-15H2,1-6H3. The van der Waals surface area contributed by atoms with Gasteiger partial charge in [0, 0.05) is 63.0 Å². The van der Waals surface area contributed by atoms with Crippen LogP contribution in [0.25, 0.3) is 0 Å². The highest BCUT2D eigenvalue weighted by Gasteiger charge is 2.26. The summed E-state index contributed by atoms with van der Waals surface area (Å²) in [6.07, 6.45) is 5.76. The third-order valence-corrected chi connectivity index (χ3v) is 6.69. The van der Waals surface area contributed by atoms with Gasteiger partial charge in [-0.05, 0) is 60.8 Å². The van der Waals surface area contributed by atoms with E-state index in [-0.39, 0.29) is 22.5 Å². The first-order valence-corrected chi connectivity index (χ1v) is 12.5. The van der Waals surface area contributed by atoms with Gasteiger partial charge in [-0.25, -0.2) is 9.59 Å². The summed E-state index contributed by atoms with van der Waals surface area (Å²) in [5.74, 6) is 0. The first-order chi connectivity index (χ1) is 15.5. The van der Waals surface area contributed by atoms with Crippen molar-refractivity contribution in [3.63, 3.8) is 0 Å². The van der Waals surface area contributed by atoms with Crippen molar-refractivity contribution in [3.8, 4) is 0 Å². The molecule has 188 valence electrons. The second-order valence-electron chi connectivity index (χ2n) is 9.49. The number of imidazole rings is 2. The van der Waals surface area contributed by atoms with Crippen molar-refractivity contribution in [2.45, 2.75) is 95.0 Å². The molecule has 33 heavy (non-hydrogen) atoms. The lowest BCUT2D eigenvalue weighted by molar-refractivity contribution is 0.0606. The molecule has 0 atom stereocenters. The van der Waals surface area contributed by atoms with Gasteiger partial charge in [-0.1, -0.05) is 0 Å². The Labute approximate surface area is 207 Å². The average Bonchev–Trinajstić information content (AvgIpc) is 3.20. The van der Waals surface area contributed by atoms with Gasteiger partial charge in [-0.15, -0.1) is 25.3 Å². The maximum absolute atomic E-state index is 12.5. The SMILES string of the molecule is CCn1cc(S)n(C(C)(C)CCOCCCOCCC(C)(C)n2c(S)cn(CC)c2=O)c1=O. The van der Waals surface area contributed by atoms with Gasteiger partial charge in [0.25, 0.3) is 0 Å². The maximum atomic E-state index is 12.5. The monoisotopic (exact) mass is 500 g/mol. The summed E-state index contributed by atoms with van der Waals surface area (Å²) in [4.78, 5) is 25.0. The summed E-state index contributed by atoms with van der Waals surface area (Å²) >= 11 is 8.94. The molecular weight excluding hydrogens is 460 g/mol. The van der Waals surface area contributed by atoms with Crippen LogP contribution >= 0.6 is 25.3 Å². The fourth-order valence-electron chi connectivity index (χ4n) is 3.88. The zero-order chi connectivity index (χ0) is 24.8. The third kappa shape index (κ3) is 6.83. The molecule has 0 aliphatic rings. The van der Waals surface area contributed by atoms with Crippen molar-refractivity contribution in [1.82, 2.24) is 18.3 Å². The molecule has 0 radical (unpaired) electrons. The van der Waals surface area contributed by atoms with Crippen LogP contribution in [0.4, 0.5) is 0 Å². The molecule has 8 nitrogen and oxygen atoms in total. The summed E-state index contributed by atoms with van der Waals surface area (Å²) < 4.78 is 18.3. The fraction of sp³-hybridized carbons (Fsp3) is 0.739. The summed E-state index contributed by atoms with van der Waals surface area (Å²) in [7, 11) is 0. The summed E-state index contributed by atoms with van der Waals surface area (Å²) in [5, 5.41) is 1.34. The highest BCUT2D eigenvalue weighted by atomic mass is 32.1. The zero-order valence-electron chi connectivity index (χ0n) is 20.8. The Bertz CT molecular complexity index is 937. The molecule has 0 spiro atoms. The van der Waals surface area contributed by atoms with E-state index in [4.69, 9.17) is 9.47 Å². The van der Waals surface area contributed by atoms with Crippen LogP contribution in [0, 0.1) is 0 Å². The van der Waals surface area contributed by atoms with E-state index >= 15 is 0 Å². The van der Waals surface area contributed by atoms with Crippen molar-refractivity contribution in [2.24, 2.45) is 0 Å². The lowest BCUT2D eigenvalue weighted by atomic mass is 10.0. The first kappa shape index (κ1) is 27.9. The Balaban J connectivity index is 1.68. The number of aryl methyl sites for hydroxylation is 2. The Kier molecular flexibility index (Phi) is 10.0. The topological polar surface area (TPSA) is 72.3 Å². The Morgan fingerprint density at radius 2 is 1.09 bits per heavy atom. The van der Waals surface area contributed by atoms with Crippen molar-refractivity contribution in [3.05, 3.63) is 33.4 Å². The van der Waals surface area contributed by atoms with Crippen LogP contribution < -0.4 is 11.4 Å². The van der Waals surface area contributed by atoms with Gasteiger partial charge in [0.15, 0.2) is 0 Å². The minimum absolute atomic E-state index is 0.0395. The predicted molar refractivity (Wildman–Crippen MR) is 137 cm³/mol. The van der Waals surface area contributed by atoms with Crippen molar-refractivity contribution < 1.29 is 9.47 Å². The van der Waals surface area contributed by atoms with Crippen LogP contribution in [-0.4, -0.2) is 44.7 Å². The molecule has 2 aromatic heterocycles.